The number of piperazine rings is 1. The van der Waals surface area contributed by atoms with Crippen LogP contribution in [0.1, 0.15) is 24.9 Å². The standard InChI is InChI=1S/C15H21BrN2O2/c1-12(13-2-4-14(16)5-3-13)18-10-8-17(9-11-18)7-6-15(19)20/h2-5,12H,6-11H2,1H3,(H,19,20)/t12-/m0/s1. The third-order valence-corrected chi connectivity index (χ3v) is 4.48. The molecule has 0 amide bonds. The summed E-state index contributed by atoms with van der Waals surface area (Å²) in [5.74, 6) is -0.712. The molecule has 0 saturated carbocycles. The first-order valence-corrected chi connectivity index (χ1v) is 7.79. The molecule has 0 aliphatic carbocycles. The minimum atomic E-state index is -0.712. The molecule has 20 heavy (non-hydrogen) atoms. The van der Waals surface area contributed by atoms with Crippen molar-refractivity contribution in [2.75, 3.05) is 32.7 Å². The molecular formula is C15H21BrN2O2. The van der Waals surface area contributed by atoms with Gasteiger partial charge in [-0.15, -0.1) is 0 Å². The second-order valence-corrected chi connectivity index (χ2v) is 6.16. The Bertz CT molecular complexity index is 442. The van der Waals surface area contributed by atoms with Gasteiger partial charge >= 0.3 is 5.97 Å². The van der Waals surface area contributed by atoms with E-state index in [2.05, 4.69) is 56.9 Å². The van der Waals surface area contributed by atoms with Crippen LogP contribution < -0.4 is 0 Å². The molecule has 110 valence electrons. The fourth-order valence-corrected chi connectivity index (χ4v) is 2.84. The van der Waals surface area contributed by atoms with Crippen LogP contribution >= 0.6 is 15.9 Å². The third kappa shape index (κ3) is 4.30. The lowest BCUT2D eigenvalue weighted by Crippen LogP contribution is -2.47. The summed E-state index contributed by atoms with van der Waals surface area (Å²) in [6, 6.07) is 8.88. The van der Waals surface area contributed by atoms with Gasteiger partial charge in [0.05, 0.1) is 6.42 Å². The van der Waals surface area contributed by atoms with Crippen molar-refractivity contribution in [3.8, 4) is 0 Å². The molecule has 0 spiro atoms. The van der Waals surface area contributed by atoms with Crippen molar-refractivity contribution in [3.05, 3.63) is 34.3 Å². The first kappa shape index (κ1) is 15.5. The van der Waals surface area contributed by atoms with Crippen molar-refractivity contribution in [2.24, 2.45) is 0 Å². The summed E-state index contributed by atoms with van der Waals surface area (Å²) in [6.07, 6.45) is 0.238. The summed E-state index contributed by atoms with van der Waals surface area (Å²) in [7, 11) is 0. The molecule has 2 rings (SSSR count). The molecule has 1 saturated heterocycles. The van der Waals surface area contributed by atoms with Crippen LogP contribution in [0.25, 0.3) is 0 Å². The van der Waals surface area contributed by atoms with Gasteiger partial charge in [-0.3, -0.25) is 9.69 Å². The quantitative estimate of drug-likeness (QED) is 0.894. The van der Waals surface area contributed by atoms with Crippen molar-refractivity contribution in [3.63, 3.8) is 0 Å². The Balaban J connectivity index is 1.83. The van der Waals surface area contributed by atoms with Gasteiger partial charge in [0.15, 0.2) is 0 Å². The van der Waals surface area contributed by atoms with Crippen molar-refractivity contribution in [1.29, 1.82) is 0 Å². The average molecular weight is 341 g/mol. The monoisotopic (exact) mass is 340 g/mol. The molecule has 1 fully saturated rings. The number of carboxylic acid groups (broad SMARTS) is 1. The lowest BCUT2D eigenvalue weighted by atomic mass is 10.1. The molecule has 0 aromatic heterocycles. The Kier molecular flexibility index (Phi) is 5.57. The first-order chi connectivity index (χ1) is 9.56. The smallest absolute Gasteiger partial charge is 0.304 e. The Morgan fingerprint density at radius 2 is 1.85 bits per heavy atom. The molecule has 0 radical (unpaired) electrons. The van der Waals surface area contributed by atoms with Crippen LogP contribution in [0, 0.1) is 0 Å². The largest absolute Gasteiger partial charge is 0.481 e. The predicted molar refractivity (Wildman–Crippen MR) is 82.8 cm³/mol. The van der Waals surface area contributed by atoms with Crippen LogP contribution in [0.4, 0.5) is 0 Å². The second-order valence-electron chi connectivity index (χ2n) is 5.25. The van der Waals surface area contributed by atoms with Gasteiger partial charge in [0.2, 0.25) is 0 Å². The lowest BCUT2D eigenvalue weighted by molar-refractivity contribution is -0.137. The lowest BCUT2D eigenvalue weighted by Gasteiger charge is -2.38. The van der Waals surface area contributed by atoms with Crippen molar-refractivity contribution < 1.29 is 9.90 Å². The zero-order valence-electron chi connectivity index (χ0n) is 11.8. The highest BCUT2D eigenvalue weighted by Crippen LogP contribution is 2.23. The molecule has 4 nitrogen and oxygen atoms in total. The number of halogens is 1. The summed E-state index contributed by atoms with van der Waals surface area (Å²) in [5.41, 5.74) is 1.33. The highest BCUT2D eigenvalue weighted by atomic mass is 79.9. The van der Waals surface area contributed by atoms with E-state index < -0.39 is 5.97 Å². The Morgan fingerprint density at radius 1 is 1.25 bits per heavy atom. The van der Waals surface area contributed by atoms with E-state index >= 15 is 0 Å². The molecule has 1 aliphatic rings. The topological polar surface area (TPSA) is 43.8 Å². The van der Waals surface area contributed by atoms with Crippen LogP contribution in [-0.4, -0.2) is 53.6 Å². The van der Waals surface area contributed by atoms with E-state index in [0.717, 1.165) is 30.7 Å². The minimum absolute atomic E-state index is 0.238. The van der Waals surface area contributed by atoms with Crippen LogP contribution in [0.15, 0.2) is 28.7 Å². The number of aliphatic carboxylic acids is 1. The summed E-state index contributed by atoms with van der Waals surface area (Å²) in [5, 5.41) is 8.71. The van der Waals surface area contributed by atoms with Gasteiger partial charge in [-0.25, -0.2) is 0 Å². The van der Waals surface area contributed by atoms with Crippen LogP contribution in [0.5, 0.6) is 0 Å². The number of hydrogen-bond donors (Lipinski definition) is 1. The predicted octanol–water partition coefficient (Wildman–Crippen LogP) is 2.60. The molecule has 0 unspecified atom stereocenters. The normalized spacial score (nSPS) is 18.9. The summed E-state index contributed by atoms with van der Waals surface area (Å²) >= 11 is 3.46. The number of carbonyl (C=O) groups is 1. The highest BCUT2D eigenvalue weighted by molar-refractivity contribution is 9.10. The van der Waals surface area contributed by atoms with E-state index in [1.54, 1.807) is 0 Å². The zero-order valence-corrected chi connectivity index (χ0v) is 13.3. The Labute approximate surface area is 128 Å². The number of hydrogen-bond acceptors (Lipinski definition) is 3. The number of nitrogens with zero attached hydrogens (tertiary/aromatic N) is 2. The Morgan fingerprint density at radius 3 is 2.40 bits per heavy atom. The molecule has 0 bridgehead atoms. The summed E-state index contributed by atoms with van der Waals surface area (Å²) in [6.45, 7) is 6.79. The van der Waals surface area contributed by atoms with Crippen LogP contribution in [0.3, 0.4) is 0 Å². The molecule has 1 N–H and O–H groups in total. The maximum atomic E-state index is 10.6. The van der Waals surface area contributed by atoms with E-state index in [0.29, 0.717) is 12.6 Å². The van der Waals surface area contributed by atoms with E-state index in [9.17, 15) is 4.79 Å². The number of rotatable bonds is 5. The summed E-state index contributed by atoms with van der Waals surface area (Å²) < 4.78 is 1.10. The molecule has 1 heterocycles. The van der Waals surface area contributed by atoms with Gasteiger partial charge in [-0.2, -0.15) is 0 Å². The van der Waals surface area contributed by atoms with Crippen LogP contribution in [-0.2, 0) is 4.79 Å². The molecule has 1 aromatic carbocycles. The number of carboxylic acids is 1. The molecule has 1 aromatic rings. The third-order valence-electron chi connectivity index (χ3n) is 3.95. The fourth-order valence-electron chi connectivity index (χ4n) is 2.58. The maximum Gasteiger partial charge on any atom is 0.304 e. The van der Waals surface area contributed by atoms with E-state index in [4.69, 9.17) is 5.11 Å². The van der Waals surface area contributed by atoms with E-state index in [1.165, 1.54) is 5.56 Å². The maximum absolute atomic E-state index is 10.6. The highest BCUT2D eigenvalue weighted by Gasteiger charge is 2.22. The number of benzene rings is 1. The first-order valence-electron chi connectivity index (χ1n) is 7.00. The van der Waals surface area contributed by atoms with Crippen molar-refractivity contribution in [1.82, 2.24) is 9.80 Å². The second kappa shape index (κ2) is 7.20. The van der Waals surface area contributed by atoms with Crippen molar-refractivity contribution in [2.45, 2.75) is 19.4 Å². The zero-order chi connectivity index (χ0) is 14.5. The van der Waals surface area contributed by atoms with Crippen molar-refractivity contribution >= 4 is 21.9 Å². The van der Waals surface area contributed by atoms with Gasteiger partial charge in [-0.05, 0) is 24.6 Å². The molecule has 5 heteroatoms. The Hall–Kier alpha value is -0.910. The fraction of sp³-hybridized carbons (Fsp3) is 0.533. The minimum Gasteiger partial charge on any atom is -0.481 e. The molecule has 1 atom stereocenters. The van der Waals surface area contributed by atoms with Gasteiger partial charge in [0, 0.05) is 43.2 Å². The van der Waals surface area contributed by atoms with Gasteiger partial charge in [-0.1, -0.05) is 28.1 Å². The van der Waals surface area contributed by atoms with E-state index in [1.807, 2.05) is 0 Å². The van der Waals surface area contributed by atoms with Gasteiger partial charge in [0.1, 0.15) is 0 Å². The van der Waals surface area contributed by atoms with Gasteiger partial charge < -0.3 is 10.0 Å². The SMILES string of the molecule is C[C@@H](c1ccc(Br)cc1)N1CCN(CCC(=O)O)CC1. The average Bonchev–Trinajstić information content (AvgIpc) is 2.46. The van der Waals surface area contributed by atoms with Gasteiger partial charge in [0.25, 0.3) is 0 Å². The molecular weight excluding hydrogens is 320 g/mol. The van der Waals surface area contributed by atoms with E-state index in [-0.39, 0.29) is 6.42 Å². The summed E-state index contributed by atoms with van der Waals surface area (Å²) in [4.78, 5) is 15.3. The molecule has 1 aliphatic heterocycles. The van der Waals surface area contributed by atoms with Crippen LogP contribution in [0.2, 0.25) is 0 Å².